The maximum absolute atomic E-state index is 13.3. The van der Waals surface area contributed by atoms with E-state index in [1.807, 2.05) is 0 Å². The standard InChI is InChI=1S/C21H18F2O/c22-19-9-3-5-15(13-19)11-17-7-1-2-8-18(21(17)24)12-16-6-4-10-20(23)14-16/h3-6,9-14H,1-2,7-8H2/b17-11-,18-12+. The minimum absolute atomic E-state index is 0.0268. The number of carbonyl (C=O) groups excluding carboxylic acids is 1. The van der Waals surface area contributed by atoms with E-state index in [2.05, 4.69) is 0 Å². The van der Waals surface area contributed by atoms with Gasteiger partial charge in [-0.15, -0.1) is 0 Å². The van der Waals surface area contributed by atoms with Gasteiger partial charge in [0.2, 0.25) is 0 Å². The van der Waals surface area contributed by atoms with Gasteiger partial charge in [0.1, 0.15) is 11.6 Å². The summed E-state index contributed by atoms with van der Waals surface area (Å²) in [6.45, 7) is 0. The smallest absolute Gasteiger partial charge is 0.185 e. The van der Waals surface area contributed by atoms with Gasteiger partial charge < -0.3 is 0 Å². The summed E-state index contributed by atoms with van der Waals surface area (Å²) in [6, 6.07) is 12.4. The molecule has 0 radical (unpaired) electrons. The highest BCUT2D eigenvalue weighted by Gasteiger charge is 2.19. The number of allylic oxidation sites excluding steroid dienone is 2. The fourth-order valence-electron chi connectivity index (χ4n) is 2.93. The molecule has 0 saturated heterocycles. The first-order chi connectivity index (χ1) is 11.6. The van der Waals surface area contributed by atoms with Crippen molar-refractivity contribution in [2.75, 3.05) is 0 Å². The van der Waals surface area contributed by atoms with Gasteiger partial charge in [0.15, 0.2) is 5.78 Å². The maximum Gasteiger partial charge on any atom is 0.185 e. The van der Waals surface area contributed by atoms with E-state index in [9.17, 15) is 13.6 Å². The van der Waals surface area contributed by atoms with Crippen molar-refractivity contribution in [1.29, 1.82) is 0 Å². The van der Waals surface area contributed by atoms with Gasteiger partial charge in [0.25, 0.3) is 0 Å². The Balaban J connectivity index is 1.93. The van der Waals surface area contributed by atoms with E-state index in [1.165, 1.54) is 24.3 Å². The second kappa shape index (κ2) is 7.35. The van der Waals surface area contributed by atoms with Crippen LogP contribution in [0.4, 0.5) is 8.78 Å². The van der Waals surface area contributed by atoms with Crippen LogP contribution in [0.15, 0.2) is 59.7 Å². The summed E-state index contributed by atoms with van der Waals surface area (Å²) in [4.78, 5) is 12.8. The van der Waals surface area contributed by atoms with Crippen LogP contribution in [0.25, 0.3) is 12.2 Å². The molecule has 1 nitrogen and oxygen atoms in total. The van der Waals surface area contributed by atoms with E-state index in [-0.39, 0.29) is 17.4 Å². The molecule has 1 saturated carbocycles. The molecule has 3 heteroatoms. The number of carbonyl (C=O) groups is 1. The van der Waals surface area contributed by atoms with Crippen LogP contribution in [0, 0.1) is 11.6 Å². The Hall–Kier alpha value is -2.55. The second-order valence-electron chi connectivity index (χ2n) is 5.99. The van der Waals surface area contributed by atoms with E-state index >= 15 is 0 Å². The van der Waals surface area contributed by atoms with Gasteiger partial charge in [-0.2, -0.15) is 0 Å². The molecule has 0 N–H and O–H groups in total. The van der Waals surface area contributed by atoms with Crippen molar-refractivity contribution in [3.05, 3.63) is 82.4 Å². The summed E-state index contributed by atoms with van der Waals surface area (Å²) in [5, 5.41) is 0. The summed E-state index contributed by atoms with van der Waals surface area (Å²) < 4.78 is 26.7. The molecule has 1 aliphatic carbocycles. The molecule has 0 spiro atoms. The summed E-state index contributed by atoms with van der Waals surface area (Å²) in [5.41, 5.74) is 2.73. The lowest BCUT2D eigenvalue weighted by Gasteiger charge is -2.06. The number of ketones is 1. The molecule has 0 bridgehead atoms. The van der Waals surface area contributed by atoms with Crippen LogP contribution in [-0.4, -0.2) is 5.78 Å². The Morgan fingerprint density at radius 1 is 0.750 bits per heavy atom. The van der Waals surface area contributed by atoms with Crippen molar-refractivity contribution < 1.29 is 13.6 Å². The molecular weight excluding hydrogens is 306 g/mol. The van der Waals surface area contributed by atoms with Crippen molar-refractivity contribution in [3.8, 4) is 0 Å². The molecule has 1 aliphatic rings. The molecule has 0 amide bonds. The van der Waals surface area contributed by atoms with Crippen LogP contribution in [0.3, 0.4) is 0 Å². The second-order valence-corrected chi connectivity index (χ2v) is 5.99. The van der Waals surface area contributed by atoms with Crippen LogP contribution in [0.2, 0.25) is 0 Å². The number of benzene rings is 2. The molecule has 3 rings (SSSR count). The average Bonchev–Trinajstić information content (AvgIpc) is 2.71. The molecule has 0 atom stereocenters. The lowest BCUT2D eigenvalue weighted by Crippen LogP contribution is -2.04. The van der Waals surface area contributed by atoms with Crippen molar-refractivity contribution in [2.24, 2.45) is 0 Å². The van der Waals surface area contributed by atoms with Gasteiger partial charge in [-0.3, -0.25) is 4.79 Å². The molecule has 0 aromatic heterocycles. The first-order valence-corrected chi connectivity index (χ1v) is 8.09. The van der Waals surface area contributed by atoms with E-state index in [0.717, 1.165) is 12.8 Å². The molecule has 2 aromatic rings. The predicted molar refractivity (Wildman–Crippen MR) is 92.2 cm³/mol. The Morgan fingerprint density at radius 3 is 1.62 bits per heavy atom. The summed E-state index contributed by atoms with van der Waals surface area (Å²) in [5.74, 6) is -0.664. The highest BCUT2D eigenvalue weighted by atomic mass is 19.1. The van der Waals surface area contributed by atoms with Crippen molar-refractivity contribution in [1.82, 2.24) is 0 Å². The van der Waals surface area contributed by atoms with Crippen LogP contribution in [0.1, 0.15) is 36.8 Å². The highest BCUT2D eigenvalue weighted by Crippen LogP contribution is 2.27. The number of rotatable bonds is 2. The zero-order chi connectivity index (χ0) is 16.9. The molecule has 122 valence electrons. The number of hydrogen-bond acceptors (Lipinski definition) is 1. The van der Waals surface area contributed by atoms with Crippen molar-refractivity contribution in [2.45, 2.75) is 25.7 Å². The predicted octanol–water partition coefficient (Wildman–Crippen LogP) is 5.57. The Kier molecular flexibility index (Phi) is 4.99. The zero-order valence-electron chi connectivity index (χ0n) is 13.3. The number of hydrogen-bond donors (Lipinski definition) is 0. The van der Waals surface area contributed by atoms with E-state index < -0.39 is 0 Å². The first-order valence-electron chi connectivity index (χ1n) is 8.09. The highest BCUT2D eigenvalue weighted by molar-refractivity contribution is 6.13. The van der Waals surface area contributed by atoms with Gasteiger partial charge in [0.05, 0.1) is 0 Å². The van der Waals surface area contributed by atoms with Gasteiger partial charge in [-0.1, -0.05) is 24.3 Å². The minimum Gasteiger partial charge on any atom is -0.289 e. The fourth-order valence-corrected chi connectivity index (χ4v) is 2.93. The van der Waals surface area contributed by atoms with Crippen LogP contribution >= 0.6 is 0 Å². The molecule has 0 aliphatic heterocycles. The third kappa shape index (κ3) is 4.05. The van der Waals surface area contributed by atoms with Gasteiger partial charge >= 0.3 is 0 Å². The Bertz CT molecular complexity index is 751. The lowest BCUT2D eigenvalue weighted by molar-refractivity contribution is -0.112. The number of Topliss-reactive ketones (excluding diaryl/α,β-unsaturated/α-hetero) is 1. The topological polar surface area (TPSA) is 17.1 Å². The lowest BCUT2D eigenvalue weighted by atomic mass is 9.98. The van der Waals surface area contributed by atoms with Crippen LogP contribution in [0.5, 0.6) is 0 Å². The van der Waals surface area contributed by atoms with Crippen LogP contribution < -0.4 is 0 Å². The van der Waals surface area contributed by atoms with E-state index in [1.54, 1.807) is 36.4 Å². The molecular formula is C21H18F2O. The summed E-state index contributed by atoms with van der Waals surface area (Å²) >= 11 is 0. The third-order valence-corrected chi connectivity index (χ3v) is 4.10. The molecule has 2 aromatic carbocycles. The fraction of sp³-hybridized carbons (Fsp3) is 0.190. The summed E-state index contributed by atoms with van der Waals surface area (Å²) in [7, 11) is 0. The number of halogens is 2. The Labute approximate surface area is 140 Å². The summed E-state index contributed by atoms with van der Waals surface area (Å²) in [6.07, 6.45) is 6.69. The zero-order valence-corrected chi connectivity index (χ0v) is 13.3. The van der Waals surface area contributed by atoms with Gasteiger partial charge in [-0.25, -0.2) is 8.78 Å². The SMILES string of the molecule is O=C1/C(=C\c2cccc(F)c2)CCCC/C1=C\c1cccc(F)c1. The quantitative estimate of drug-likeness (QED) is 0.521. The largest absolute Gasteiger partial charge is 0.289 e. The van der Waals surface area contributed by atoms with Gasteiger partial charge in [0, 0.05) is 11.1 Å². The third-order valence-electron chi connectivity index (χ3n) is 4.10. The first kappa shape index (κ1) is 16.3. The normalized spacial score (nSPS) is 18.8. The molecule has 1 fully saturated rings. The van der Waals surface area contributed by atoms with Crippen molar-refractivity contribution in [3.63, 3.8) is 0 Å². The van der Waals surface area contributed by atoms with Crippen molar-refractivity contribution >= 4 is 17.9 Å². The van der Waals surface area contributed by atoms with Gasteiger partial charge in [-0.05, 0) is 73.2 Å². The minimum atomic E-state index is -0.319. The maximum atomic E-state index is 13.3. The molecule has 24 heavy (non-hydrogen) atoms. The average molecular weight is 324 g/mol. The van der Waals surface area contributed by atoms with E-state index in [4.69, 9.17) is 0 Å². The monoisotopic (exact) mass is 324 g/mol. The van der Waals surface area contributed by atoms with E-state index in [0.29, 0.717) is 35.1 Å². The Morgan fingerprint density at radius 2 is 1.21 bits per heavy atom. The molecule has 0 unspecified atom stereocenters. The van der Waals surface area contributed by atoms with Crippen LogP contribution in [-0.2, 0) is 4.79 Å². The molecule has 0 heterocycles.